The summed E-state index contributed by atoms with van der Waals surface area (Å²) in [5.41, 5.74) is 6.46. The fourth-order valence-corrected chi connectivity index (χ4v) is 5.94. The fourth-order valence-electron chi connectivity index (χ4n) is 4.39. The number of nitrogens with one attached hydrogen (secondary N) is 2. The van der Waals surface area contributed by atoms with Crippen molar-refractivity contribution in [2.75, 3.05) is 26.2 Å². The van der Waals surface area contributed by atoms with E-state index < -0.39 is 10.0 Å². The van der Waals surface area contributed by atoms with E-state index in [1.165, 1.54) is 29.3 Å². The van der Waals surface area contributed by atoms with Crippen LogP contribution in [-0.4, -0.2) is 61.8 Å². The SMILES string of the molecule is O=C(C1NNC2CCCCC21)N1CCN(S(=O)(=O)c2ccc(Cl)cc2)CC1. The van der Waals surface area contributed by atoms with E-state index in [4.69, 9.17) is 11.6 Å². The highest BCUT2D eigenvalue weighted by molar-refractivity contribution is 7.89. The number of nitrogens with zero attached hydrogens (tertiary/aromatic N) is 2. The summed E-state index contributed by atoms with van der Waals surface area (Å²) in [6, 6.07) is 6.37. The quantitative estimate of drug-likeness (QED) is 0.779. The third-order valence-corrected chi connectivity index (χ3v) is 8.10. The number of halogens is 1. The van der Waals surface area contributed by atoms with Gasteiger partial charge in [-0.3, -0.25) is 10.2 Å². The van der Waals surface area contributed by atoms with Crippen molar-refractivity contribution in [3.8, 4) is 0 Å². The third kappa shape index (κ3) is 3.73. The van der Waals surface area contributed by atoms with Crippen molar-refractivity contribution in [1.82, 2.24) is 20.1 Å². The van der Waals surface area contributed by atoms with Crippen LogP contribution in [0.15, 0.2) is 29.2 Å². The number of carbonyl (C=O) groups excluding carboxylic acids is 1. The Bertz CT molecular complexity index is 793. The lowest BCUT2D eigenvalue weighted by atomic mass is 9.81. The second-order valence-corrected chi connectivity index (χ2v) is 9.88. The number of sulfonamides is 1. The lowest BCUT2D eigenvalue weighted by molar-refractivity contribution is -0.135. The minimum absolute atomic E-state index is 0.0837. The summed E-state index contributed by atoms with van der Waals surface area (Å²) in [7, 11) is -3.56. The van der Waals surface area contributed by atoms with Crippen LogP contribution < -0.4 is 10.9 Å². The highest BCUT2D eigenvalue weighted by Gasteiger charge is 2.43. The number of hydrazine groups is 1. The van der Waals surface area contributed by atoms with Gasteiger partial charge in [-0.2, -0.15) is 4.31 Å². The van der Waals surface area contributed by atoms with Crippen molar-refractivity contribution in [3.63, 3.8) is 0 Å². The van der Waals surface area contributed by atoms with E-state index in [0.717, 1.165) is 12.8 Å². The molecule has 2 saturated heterocycles. The molecule has 2 aliphatic heterocycles. The number of hydrogen-bond donors (Lipinski definition) is 2. The first-order chi connectivity index (χ1) is 13.0. The lowest BCUT2D eigenvalue weighted by Gasteiger charge is -2.36. The highest BCUT2D eigenvalue weighted by Crippen LogP contribution is 2.31. The van der Waals surface area contributed by atoms with Gasteiger partial charge in [0.1, 0.15) is 6.04 Å². The molecule has 0 bridgehead atoms. The molecule has 0 radical (unpaired) electrons. The Hall–Kier alpha value is -1.19. The molecule has 1 amide bonds. The van der Waals surface area contributed by atoms with Gasteiger partial charge in [0.15, 0.2) is 0 Å². The average Bonchev–Trinajstić information content (AvgIpc) is 3.12. The molecule has 1 saturated carbocycles. The molecule has 4 rings (SSSR count). The van der Waals surface area contributed by atoms with Crippen molar-refractivity contribution in [2.45, 2.75) is 42.7 Å². The van der Waals surface area contributed by atoms with E-state index in [1.54, 1.807) is 17.0 Å². The fraction of sp³-hybridized carbons (Fsp3) is 0.611. The van der Waals surface area contributed by atoms with E-state index >= 15 is 0 Å². The Morgan fingerprint density at radius 1 is 1.00 bits per heavy atom. The molecule has 148 valence electrons. The normalized spacial score (nSPS) is 29.5. The van der Waals surface area contributed by atoms with Crippen LogP contribution in [0.4, 0.5) is 0 Å². The number of rotatable bonds is 3. The van der Waals surface area contributed by atoms with Gasteiger partial charge >= 0.3 is 0 Å². The molecule has 2 N–H and O–H groups in total. The molecule has 7 nitrogen and oxygen atoms in total. The average molecular weight is 413 g/mol. The number of carbonyl (C=O) groups is 1. The second-order valence-electron chi connectivity index (χ2n) is 7.50. The molecular weight excluding hydrogens is 388 g/mol. The first-order valence-electron chi connectivity index (χ1n) is 9.52. The molecule has 2 heterocycles. The molecule has 3 aliphatic rings. The lowest BCUT2D eigenvalue weighted by Crippen LogP contribution is -2.55. The largest absolute Gasteiger partial charge is 0.339 e. The van der Waals surface area contributed by atoms with Crippen LogP contribution in [0.2, 0.25) is 5.02 Å². The number of piperazine rings is 1. The minimum Gasteiger partial charge on any atom is -0.339 e. The Morgan fingerprint density at radius 3 is 2.37 bits per heavy atom. The van der Waals surface area contributed by atoms with Crippen molar-refractivity contribution < 1.29 is 13.2 Å². The number of amides is 1. The van der Waals surface area contributed by atoms with Crippen LogP contribution in [-0.2, 0) is 14.8 Å². The molecule has 9 heteroatoms. The first kappa shape index (κ1) is 19.1. The standard InChI is InChI=1S/C18H25ClN4O3S/c19-13-5-7-14(8-6-13)27(25,26)23-11-9-22(10-12-23)18(24)17-15-3-1-2-4-16(15)20-21-17/h5-8,15-17,20-21H,1-4,9-12H2. The zero-order chi connectivity index (χ0) is 19.0. The topological polar surface area (TPSA) is 81.8 Å². The maximum Gasteiger partial charge on any atom is 0.243 e. The highest BCUT2D eigenvalue weighted by atomic mass is 35.5. The predicted molar refractivity (Wildman–Crippen MR) is 103 cm³/mol. The van der Waals surface area contributed by atoms with Gasteiger partial charge < -0.3 is 4.90 Å². The Balaban J connectivity index is 1.38. The van der Waals surface area contributed by atoms with Crippen LogP contribution in [0.1, 0.15) is 25.7 Å². The number of benzene rings is 1. The molecule has 0 aromatic heterocycles. The van der Waals surface area contributed by atoms with E-state index in [0.29, 0.717) is 43.2 Å². The number of fused-ring (bicyclic) bond motifs is 1. The van der Waals surface area contributed by atoms with Gasteiger partial charge in [0.25, 0.3) is 0 Å². The summed E-state index contributed by atoms with van der Waals surface area (Å²) >= 11 is 5.85. The van der Waals surface area contributed by atoms with Crippen LogP contribution >= 0.6 is 11.6 Å². The Morgan fingerprint density at radius 2 is 1.67 bits per heavy atom. The van der Waals surface area contributed by atoms with E-state index in [-0.39, 0.29) is 16.8 Å². The molecule has 27 heavy (non-hydrogen) atoms. The van der Waals surface area contributed by atoms with E-state index in [2.05, 4.69) is 10.9 Å². The van der Waals surface area contributed by atoms with Crippen LogP contribution in [0.3, 0.4) is 0 Å². The zero-order valence-electron chi connectivity index (χ0n) is 15.1. The molecule has 1 aliphatic carbocycles. The molecule has 3 atom stereocenters. The summed E-state index contributed by atoms with van der Waals surface area (Å²) < 4.78 is 27.0. The van der Waals surface area contributed by atoms with Gasteiger partial charge in [-0.05, 0) is 37.1 Å². The maximum absolute atomic E-state index is 13.0. The summed E-state index contributed by atoms with van der Waals surface area (Å²) in [4.78, 5) is 15.0. The number of hydrogen-bond acceptors (Lipinski definition) is 5. The van der Waals surface area contributed by atoms with Crippen molar-refractivity contribution in [1.29, 1.82) is 0 Å². The summed E-state index contributed by atoms with van der Waals surface area (Å²) in [6.07, 6.45) is 4.54. The van der Waals surface area contributed by atoms with Crippen molar-refractivity contribution in [3.05, 3.63) is 29.3 Å². The van der Waals surface area contributed by atoms with Crippen molar-refractivity contribution >= 4 is 27.5 Å². The maximum atomic E-state index is 13.0. The third-order valence-electron chi connectivity index (χ3n) is 5.94. The van der Waals surface area contributed by atoms with Crippen LogP contribution in [0.25, 0.3) is 0 Å². The molecule has 3 unspecified atom stereocenters. The molecule has 1 aromatic carbocycles. The van der Waals surface area contributed by atoms with Gasteiger partial charge in [0.05, 0.1) is 4.90 Å². The monoisotopic (exact) mass is 412 g/mol. The molecular formula is C18H25ClN4O3S. The van der Waals surface area contributed by atoms with Gasteiger partial charge in [-0.25, -0.2) is 13.8 Å². The first-order valence-corrected chi connectivity index (χ1v) is 11.3. The molecule has 3 fully saturated rings. The summed E-state index contributed by atoms with van der Waals surface area (Å²) in [6.45, 7) is 1.46. The van der Waals surface area contributed by atoms with Crippen LogP contribution in [0.5, 0.6) is 0 Å². The molecule has 1 aromatic rings. The van der Waals surface area contributed by atoms with Gasteiger partial charge in [0, 0.05) is 43.2 Å². The van der Waals surface area contributed by atoms with Gasteiger partial charge in [-0.1, -0.05) is 24.4 Å². The predicted octanol–water partition coefficient (Wildman–Crippen LogP) is 1.21. The van der Waals surface area contributed by atoms with Gasteiger partial charge in [-0.15, -0.1) is 0 Å². The molecule has 0 spiro atoms. The van der Waals surface area contributed by atoms with Gasteiger partial charge in [0.2, 0.25) is 15.9 Å². The van der Waals surface area contributed by atoms with E-state index in [9.17, 15) is 13.2 Å². The summed E-state index contributed by atoms with van der Waals surface area (Å²) in [5, 5.41) is 0.503. The zero-order valence-corrected chi connectivity index (χ0v) is 16.7. The summed E-state index contributed by atoms with van der Waals surface area (Å²) in [5.74, 6) is 0.419. The Labute approximate surface area is 165 Å². The minimum atomic E-state index is -3.56. The van der Waals surface area contributed by atoms with Crippen LogP contribution in [0, 0.1) is 5.92 Å². The van der Waals surface area contributed by atoms with E-state index in [1.807, 2.05) is 0 Å². The smallest absolute Gasteiger partial charge is 0.243 e. The Kier molecular flexibility index (Phi) is 5.44. The second kappa shape index (κ2) is 7.67. The van der Waals surface area contributed by atoms with Crippen molar-refractivity contribution in [2.24, 2.45) is 5.92 Å².